The lowest BCUT2D eigenvalue weighted by Crippen LogP contribution is -2.15. The van der Waals surface area contributed by atoms with Crippen molar-refractivity contribution in [3.8, 4) is 0 Å². The van der Waals surface area contributed by atoms with Crippen LogP contribution >= 0.6 is 11.6 Å². The fourth-order valence-corrected chi connectivity index (χ4v) is 0.894. The van der Waals surface area contributed by atoms with Crippen molar-refractivity contribution in [3.63, 3.8) is 0 Å². The number of aromatic nitrogens is 2. The van der Waals surface area contributed by atoms with Crippen LogP contribution in [0.3, 0.4) is 0 Å². The topological polar surface area (TPSA) is 91.7 Å². The highest BCUT2D eigenvalue weighted by Gasteiger charge is 2.11. The van der Waals surface area contributed by atoms with E-state index in [4.69, 9.17) is 17.3 Å². The summed E-state index contributed by atoms with van der Waals surface area (Å²) in [5.41, 5.74) is 4.57. The van der Waals surface area contributed by atoms with Gasteiger partial charge in [-0.2, -0.15) is 0 Å². The minimum absolute atomic E-state index is 0.00505. The van der Waals surface area contributed by atoms with E-state index in [2.05, 4.69) is 9.97 Å². The third-order valence-corrected chi connectivity index (χ3v) is 1.43. The highest BCUT2D eigenvalue weighted by atomic mass is 35.5. The van der Waals surface area contributed by atoms with Crippen molar-refractivity contribution in [3.05, 3.63) is 21.3 Å². The normalized spacial score (nSPS) is 10.0. The molecule has 0 aliphatic heterocycles. The number of Topliss-reactive ketones (excluding diaryl/α,β-unsaturated/α-hetero) is 1. The van der Waals surface area contributed by atoms with Gasteiger partial charge >= 0.3 is 5.69 Å². The molecule has 0 saturated carbocycles. The molecular weight excluding hydrogens is 170 g/mol. The van der Waals surface area contributed by atoms with Crippen molar-refractivity contribution in [2.24, 2.45) is 5.73 Å². The molecule has 0 aliphatic rings. The number of carbonyl (C=O) groups is 1. The maximum absolute atomic E-state index is 10.8. The van der Waals surface area contributed by atoms with E-state index in [1.807, 2.05) is 0 Å². The molecular formula is C5H6ClN3O2. The zero-order chi connectivity index (χ0) is 8.43. The molecule has 60 valence electrons. The Morgan fingerprint density at radius 3 is 2.55 bits per heavy atom. The highest BCUT2D eigenvalue weighted by Crippen LogP contribution is 2.06. The highest BCUT2D eigenvalue weighted by molar-refractivity contribution is 6.32. The molecule has 4 N–H and O–H groups in total. The number of nitrogens with two attached hydrogens (primary N) is 1. The number of imidazole rings is 1. The lowest BCUT2D eigenvalue weighted by atomic mass is 10.3. The largest absolute Gasteiger partial charge is 0.324 e. The monoisotopic (exact) mass is 175 g/mol. The van der Waals surface area contributed by atoms with E-state index >= 15 is 0 Å². The summed E-state index contributed by atoms with van der Waals surface area (Å²) in [6.07, 6.45) is 0. The van der Waals surface area contributed by atoms with Gasteiger partial charge in [0.05, 0.1) is 6.54 Å². The molecule has 5 nitrogen and oxygen atoms in total. The molecule has 11 heavy (non-hydrogen) atoms. The van der Waals surface area contributed by atoms with Gasteiger partial charge in [-0.15, -0.1) is 0 Å². The number of rotatable bonds is 2. The van der Waals surface area contributed by atoms with Crippen molar-refractivity contribution < 1.29 is 4.79 Å². The maximum atomic E-state index is 10.8. The first-order valence-corrected chi connectivity index (χ1v) is 3.24. The first kappa shape index (κ1) is 8.03. The third-order valence-electron chi connectivity index (χ3n) is 1.15. The van der Waals surface area contributed by atoms with Crippen LogP contribution in [0.4, 0.5) is 0 Å². The number of aromatic amines is 2. The van der Waals surface area contributed by atoms with Crippen LogP contribution in [0, 0.1) is 0 Å². The minimum Gasteiger partial charge on any atom is -0.324 e. The average Bonchev–Trinajstić information content (AvgIpc) is 2.28. The standard InChI is InChI=1S/C5H6ClN3O2/c6-4-3(2(10)1-7)8-5(11)9-4/h1,7H2,(H2,8,9,11). The molecule has 1 aromatic rings. The van der Waals surface area contributed by atoms with Gasteiger partial charge in [-0.1, -0.05) is 11.6 Å². The maximum Gasteiger partial charge on any atom is 0.324 e. The summed E-state index contributed by atoms with van der Waals surface area (Å²) in [7, 11) is 0. The second-order valence-electron chi connectivity index (χ2n) is 1.90. The van der Waals surface area contributed by atoms with Gasteiger partial charge in [-0.3, -0.25) is 9.78 Å². The molecule has 0 aliphatic carbocycles. The molecule has 0 bridgehead atoms. The molecule has 1 aromatic heterocycles. The second-order valence-corrected chi connectivity index (χ2v) is 2.27. The van der Waals surface area contributed by atoms with E-state index in [1.165, 1.54) is 0 Å². The van der Waals surface area contributed by atoms with E-state index < -0.39 is 11.5 Å². The van der Waals surface area contributed by atoms with Crippen molar-refractivity contribution in [2.75, 3.05) is 6.54 Å². The molecule has 1 heterocycles. The van der Waals surface area contributed by atoms with Gasteiger partial charge in [0.15, 0.2) is 5.78 Å². The van der Waals surface area contributed by atoms with Gasteiger partial charge < -0.3 is 10.7 Å². The fraction of sp³-hybridized carbons (Fsp3) is 0.200. The summed E-state index contributed by atoms with van der Waals surface area (Å²) in [5, 5.41) is 0.00505. The molecule has 0 amide bonds. The van der Waals surface area contributed by atoms with Crippen molar-refractivity contribution in [1.29, 1.82) is 0 Å². The van der Waals surface area contributed by atoms with Gasteiger partial charge in [0.1, 0.15) is 10.8 Å². The number of carbonyl (C=O) groups excluding carboxylic acids is 1. The Hall–Kier alpha value is -1.07. The molecule has 1 rings (SSSR count). The Morgan fingerprint density at radius 2 is 2.18 bits per heavy atom. The Balaban J connectivity index is 3.13. The lowest BCUT2D eigenvalue weighted by molar-refractivity contribution is 0.0997. The van der Waals surface area contributed by atoms with E-state index in [1.54, 1.807) is 0 Å². The number of H-pyrrole nitrogens is 2. The van der Waals surface area contributed by atoms with Crippen molar-refractivity contribution >= 4 is 17.4 Å². The number of nitrogens with one attached hydrogen (secondary N) is 2. The minimum atomic E-state index is -0.508. The van der Waals surface area contributed by atoms with Gasteiger partial charge in [0, 0.05) is 0 Å². The Bertz CT molecular complexity index is 327. The Kier molecular flexibility index (Phi) is 2.11. The summed E-state index contributed by atoms with van der Waals surface area (Å²) in [6.45, 7) is -0.173. The molecule has 6 heteroatoms. The lowest BCUT2D eigenvalue weighted by Gasteiger charge is -1.90. The quantitative estimate of drug-likeness (QED) is 0.529. The summed E-state index contributed by atoms with van der Waals surface area (Å²) >= 11 is 5.46. The molecule has 0 spiro atoms. The SMILES string of the molecule is NCC(=O)c1[nH]c(=O)[nH]c1Cl. The average molecular weight is 176 g/mol. The van der Waals surface area contributed by atoms with Crippen LogP contribution < -0.4 is 11.4 Å². The van der Waals surface area contributed by atoms with E-state index in [9.17, 15) is 9.59 Å². The summed E-state index contributed by atoms with van der Waals surface area (Å²) < 4.78 is 0. The molecule has 0 unspecified atom stereocenters. The van der Waals surface area contributed by atoms with Crippen LogP contribution in [0.5, 0.6) is 0 Å². The van der Waals surface area contributed by atoms with Crippen LogP contribution in [-0.2, 0) is 0 Å². The van der Waals surface area contributed by atoms with E-state index in [0.29, 0.717) is 0 Å². The van der Waals surface area contributed by atoms with E-state index in [0.717, 1.165) is 0 Å². The molecule has 0 aromatic carbocycles. The number of halogens is 1. The molecule has 0 saturated heterocycles. The first-order chi connectivity index (χ1) is 5.15. The van der Waals surface area contributed by atoms with Gasteiger partial charge in [-0.25, -0.2) is 4.79 Å². The Labute approximate surface area is 66.6 Å². The van der Waals surface area contributed by atoms with Crippen LogP contribution in [0.25, 0.3) is 0 Å². The van der Waals surface area contributed by atoms with Gasteiger partial charge in [0.2, 0.25) is 0 Å². The van der Waals surface area contributed by atoms with Crippen molar-refractivity contribution in [1.82, 2.24) is 9.97 Å². The zero-order valence-electron chi connectivity index (χ0n) is 5.48. The number of hydrogen-bond donors (Lipinski definition) is 3. The van der Waals surface area contributed by atoms with Crippen LogP contribution in [0.2, 0.25) is 5.15 Å². The summed E-state index contributed by atoms with van der Waals surface area (Å²) in [4.78, 5) is 25.8. The van der Waals surface area contributed by atoms with Gasteiger partial charge in [-0.05, 0) is 0 Å². The second kappa shape index (κ2) is 2.89. The predicted molar refractivity (Wildman–Crippen MR) is 39.8 cm³/mol. The summed E-state index contributed by atoms with van der Waals surface area (Å²) in [5.74, 6) is -0.395. The van der Waals surface area contributed by atoms with Crippen LogP contribution in [0.1, 0.15) is 10.5 Å². The smallest absolute Gasteiger partial charge is 0.324 e. The molecule has 0 atom stereocenters. The van der Waals surface area contributed by atoms with Crippen LogP contribution in [-0.4, -0.2) is 22.3 Å². The predicted octanol–water partition coefficient (Wildman–Crippen LogP) is -0.502. The van der Waals surface area contributed by atoms with E-state index in [-0.39, 0.29) is 17.4 Å². The zero-order valence-corrected chi connectivity index (χ0v) is 6.23. The third kappa shape index (κ3) is 1.50. The first-order valence-electron chi connectivity index (χ1n) is 2.86. The molecule has 0 radical (unpaired) electrons. The fourth-order valence-electron chi connectivity index (χ4n) is 0.656. The van der Waals surface area contributed by atoms with Crippen LogP contribution in [0.15, 0.2) is 4.79 Å². The molecule has 0 fully saturated rings. The van der Waals surface area contributed by atoms with Crippen molar-refractivity contribution in [2.45, 2.75) is 0 Å². The number of hydrogen-bond acceptors (Lipinski definition) is 3. The Morgan fingerprint density at radius 1 is 1.55 bits per heavy atom. The number of ketones is 1. The summed E-state index contributed by atoms with van der Waals surface area (Å²) in [6, 6.07) is 0. The van der Waals surface area contributed by atoms with Gasteiger partial charge in [0.25, 0.3) is 0 Å².